The molecule has 1 aromatic heterocycles. The number of thioether (sulfide) groups is 1. The van der Waals surface area contributed by atoms with E-state index in [2.05, 4.69) is 29.6 Å². The first-order valence-electron chi connectivity index (χ1n) is 10.8. The first-order chi connectivity index (χ1) is 16.7. The van der Waals surface area contributed by atoms with E-state index < -0.39 is 0 Å². The Balaban J connectivity index is 1.63. The maximum Gasteiger partial charge on any atom is 0.227 e. The van der Waals surface area contributed by atoms with Gasteiger partial charge in [-0.05, 0) is 47.7 Å². The second kappa shape index (κ2) is 8.42. The van der Waals surface area contributed by atoms with Crippen LogP contribution in [0.5, 0.6) is 11.5 Å². The van der Waals surface area contributed by atoms with Crippen molar-refractivity contribution in [2.75, 3.05) is 18.7 Å². The number of methoxy groups -OCH3 is 1. The smallest absolute Gasteiger partial charge is 0.227 e. The van der Waals surface area contributed by atoms with Gasteiger partial charge >= 0.3 is 0 Å². The first-order valence-corrected chi connectivity index (χ1v) is 12.4. The van der Waals surface area contributed by atoms with Crippen LogP contribution >= 0.6 is 23.4 Å². The largest absolute Gasteiger partial charge is 0.497 e. The van der Waals surface area contributed by atoms with Gasteiger partial charge in [0.1, 0.15) is 23.6 Å². The van der Waals surface area contributed by atoms with Crippen LogP contribution < -0.4 is 14.8 Å². The number of anilines is 1. The van der Waals surface area contributed by atoms with Crippen molar-refractivity contribution < 1.29 is 9.47 Å². The molecule has 0 saturated heterocycles. The summed E-state index contributed by atoms with van der Waals surface area (Å²) in [5.41, 5.74) is 5.03. The summed E-state index contributed by atoms with van der Waals surface area (Å²) >= 11 is 7.93. The highest BCUT2D eigenvalue weighted by Crippen LogP contribution is 2.51. The van der Waals surface area contributed by atoms with E-state index in [1.165, 1.54) is 11.8 Å². The van der Waals surface area contributed by atoms with E-state index in [1.54, 1.807) is 7.11 Å². The van der Waals surface area contributed by atoms with Crippen LogP contribution in [0.4, 0.5) is 5.95 Å². The topological polar surface area (TPSA) is 61.2 Å². The van der Waals surface area contributed by atoms with Gasteiger partial charge in [0.2, 0.25) is 11.1 Å². The summed E-state index contributed by atoms with van der Waals surface area (Å²) in [5.74, 6) is 2.26. The third-order valence-electron chi connectivity index (χ3n) is 6.13. The van der Waals surface area contributed by atoms with Crippen LogP contribution in [0.1, 0.15) is 28.8 Å². The molecule has 0 radical (unpaired) electrons. The van der Waals surface area contributed by atoms with Gasteiger partial charge in [0, 0.05) is 16.2 Å². The predicted molar refractivity (Wildman–Crippen MR) is 135 cm³/mol. The van der Waals surface area contributed by atoms with Crippen LogP contribution in [0.15, 0.2) is 83.5 Å². The van der Waals surface area contributed by atoms with Gasteiger partial charge in [-0.2, -0.15) is 4.98 Å². The molecule has 8 heteroatoms. The number of benzene rings is 3. The number of nitrogens with zero attached hydrogens (tertiary/aromatic N) is 3. The van der Waals surface area contributed by atoms with Crippen molar-refractivity contribution >= 4 is 35.0 Å². The van der Waals surface area contributed by atoms with Crippen molar-refractivity contribution in [3.05, 3.63) is 100 Å². The van der Waals surface area contributed by atoms with Crippen LogP contribution in [0, 0.1) is 0 Å². The Kier molecular flexibility index (Phi) is 5.23. The van der Waals surface area contributed by atoms with Gasteiger partial charge in [-0.25, -0.2) is 4.68 Å². The molecule has 1 N–H and O–H groups in total. The van der Waals surface area contributed by atoms with E-state index in [0.717, 1.165) is 39.5 Å². The third-order valence-corrected chi connectivity index (χ3v) is 6.90. The lowest BCUT2D eigenvalue weighted by Gasteiger charge is -2.39. The average Bonchev–Trinajstić information content (AvgIpc) is 3.31. The van der Waals surface area contributed by atoms with Crippen molar-refractivity contribution in [1.82, 2.24) is 14.8 Å². The predicted octanol–water partition coefficient (Wildman–Crippen LogP) is 6.22. The molecule has 0 unspecified atom stereocenters. The van der Waals surface area contributed by atoms with Crippen molar-refractivity contribution in [2.24, 2.45) is 0 Å². The Hall–Kier alpha value is -3.42. The van der Waals surface area contributed by atoms with Crippen molar-refractivity contribution in [3.8, 4) is 11.5 Å². The SMILES string of the molecule is COc1ccc([C@@H]2C3=C(Nc4nc(SC)nn42)c2cc(Cl)ccc2O[C@H]3c2ccccc2)cc1. The minimum atomic E-state index is -0.320. The van der Waals surface area contributed by atoms with Crippen molar-refractivity contribution in [2.45, 2.75) is 17.3 Å². The summed E-state index contributed by atoms with van der Waals surface area (Å²) in [6.07, 6.45) is 1.65. The molecule has 34 heavy (non-hydrogen) atoms. The van der Waals surface area contributed by atoms with E-state index in [4.69, 9.17) is 31.2 Å². The van der Waals surface area contributed by atoms with Gasteiger partial charge < -0.3 is 14.8 Å². The second-order valence-electron chi connectivity index (χ2n) is 8.05. The van der Waals surface area contributed by atoms with Crippen LogP contribution in [0.2, 0.25) is 5.02 Å². The minimum Gasteiger partial charge on any atom is -0.497 e. The first kappa shape index (κ1) is 21.1. The summed E-state index contributed by atoms with van der Waals surface area (Å²) in [6, 6.07) is 23.8. The highest BCUT2D eigenvalue weighted by Gasteiger charge is 2.41. The van der Waals surface area contributed by atoms with Gasteiger partial charge in [0.25, 0.3) is 0 Å². The van der Waals surface area contributed by atoms with Gasteiger partial charge in [-0.15, -0.1) is 5.10 Å². The lowest BCUT2D eigenvalue weighted by atomic mass is 9.84. The molecule has 2 atom stereocenters. The number of ether oxygens (including phenoxy) is 2. The minimum absolute atomic E-state index is 0.233. The monoisotopic (exact) mass is 488 g/mol. The van der Waals surface area contributed by atoms with Gasteiger partial charge in [-0.1, -0.05) is 65.8 Å². The fourth-order valence-electron chi connectivity index (χ4n) is 4.58. The number of hydrogen-bond acceptors (Lipinski definition) is 6. The molecule has 3 heterocycles. The van der Waals surface area contributed by atoms with E-state index >= 15 is 0 Å². The molecule has 0 aliphatic carbocycles. The fourth-order valence-corrected chi connectivity index (χ4v) is 5.10. The summed E-state index contributed by atoms with van der Waals surface area (Å²) in [4.78, 5) is 4.73. The Morgan fingerprint density at radius 2 is 1.82 bits per heavy atom. The number of fused-ring (bicyclic) bond motifs is 3. The van der Waals surface area contributed by atoms with E-state index in [0.29, 0.717) is 16.1 Å². The molecule has 0 bridgehead atoms. The Labute approximate surface area is 206 Å². The Morgan fingerprint density at radius 1 is 1.03 bits per heavy atom. The van der Waals surface area contributed by atoms with Gasteiger partial charge in [0.15, 0.2) is 0 Å². The number of halogens is 1. The van der Waals surface area contributed by atoms with Crippen LogP contribution in [-0.4, -0.2) is 28.1 Å². The highest BCUT2D eigenvalue weighted by molar-refractivity contribution is 7.98. The molecule has 2 aliphatic rings. The molecule has 170 valence electrons. The van der Waals surface area contributed by atoms with E-state index in [1.807, 2.05) is 59.5 Å². The molecule has 0 amide bonds. The third kappa shape index (κ3) is 3.43. The summed E-state index contributed by atoms with van der Waals surface area (Å²) < 4.78 is 14.0. The lowest BCUT2D eigenvalue weighted by Crippen LogP contribution is -2.32. The number of nitrogens with one attached hydrogen (secondary N) is 1. The standard InChI is InChI=1S/C26H21ClN4O2S/c1-32-18-11-8-15(9-12-18)23-21-22(28-25-29-26(34-2)30-31(23)25)19-14-17(27)10-13-20(19)33-24(21)16-6-4-3-5-7-16/h3-14,23-24H,1-2H3,(H,28,29,30)/t23-,24+/m1/s1. The molecule has 6 nitrogen and oxygen atoms in total. The van der Waals surface area contributed by atoms with Gasteiger partial charge in [0.05, 0.1) is 12.8 Å². The molecule has 6 rings (SSSR count). The van der Waals surface area contributed by atoms with Crippen molar-refractivity contribution in [3.63, 3.8) is 0 Å². The van der Waals surface area contributed by atoms with Crippen LogP contribution in [0.3, 0.4) is 0 Å². The molecular weight excluding hydrogens is 468 g/mol. The quantitative estimate of drug-likeness (QED) is 0.344. The summed E-state index contributed by atoms with van der Waals surface area (Å²) in [7, 11) is 1.67. The average molecular weight is 489 g/mol. The normalized spacial score (nSPS) is 18.3. The van der Waals surface area contributed by atoms with Crippen LogP contribution in [-0.2, 0) is 0 Å². The number of rotatable bonds is 4. The zero-order valence-corrected chi connectivity index (χ0v) is 20.1. The molecule has 2 aliphatic heterocycles. The summed E-state index contributed by atoms with van der Waals surface area (Å²) in [6.45, 7) is 0. The number of aromatic nitrogens is 3. The number of hydrogen-bond donors (Lipinski definition) is 1. The van der Waals surface area contributed by atoms with E-state index in [-0.39, 0.29) is 12.1 Å². The van der Waals surface area contributed by atoms with Crippen LogP contribution in [0.25, 0.3) is 5.70 Å². The second-order valence-corrected chi connectivity index (χ2v) is 9.26. The molecule has 0 saturated carbocycles. The molecule has 0 spiro atoms. The lowest BCUT2D eigenvalue weighted by molar-refractivity contribution is 0.223. The molecule has 3 aromatic carbocycles. The summed E-state index contributed by atoms with van der Waals surface area (Å²) in [5, 5.41) is 9.72. The molecular formula is C26H21ClN4O2S. The van der Waals surface area contributed by atoms with Crippen molar-refractivity contribution in [1.29, 1.82) is 0 Å². The highest BCUT2D eigenvalue weighted by atomic mass is 35.5. The Bertz CT molecular complexity index is 1400. The van der Waals surface area contributed by atoms with E-state index in [9.17, 15) is 0 Å². The zero-order chi connectivity index (χ0) is 23.2. The van der Waals surface area contributed by atoms with Gasteiger partial charge in [-0.3, -0.25) is 0 Å². The molecule has 0 fully saturated rings. The fraction of sp³-hybridized carbons (Fsp3) is 0.154. The maximum absolute atomic E-state index is 6.64. The Morgan fingerprint density at radius 3 is 2.56 bits per heavy atom. The molecule has 4 aromatic rings. The maximum atomic E-state index is 6.64. The zero-order valence-electron chi connectivity index (χ0n) is 18.5.